The van der Waals surface area contributed by atoms with E-state index in [0.717, 1.165) is 15.4 Å². The number of amides is 4. The van der Waals surface area contributed by atoms with Gasteiger partial charge in [-0.25, -0.2) is 0 Å². The molecular weight excluding hydrogens is 673 g/mol. The molecule has 282 valence electrons. The molecule has 4 atom stereocenters. The molecule has 4 amide bonds. The number of carbonyl (C=O) groups excluding carboxylic acids is 4. The van der Waals surface area contributed by atoms with E-state index in [1.807, 2.05) is 74.5 Å². The number of carbonyl (C=O) groups is 4. The number of unbranched alkanes of at least 4 members (excludes halogenated alkanes) is 1. The highest BCUT2D eigenvalue weighted by atomic mass is 32.2. The standard InChI is InChI=1S/C36H56N8O6S/c1-26(2)23-31(34(46)39-30(17-11-12-18-37)36(48)43-19-21-44(22-20-43)51(49,50)42(3)4)41-35(47)32(25-28-15-9-6-10-16-28)40-33(45)29(38)24-27-13-7-5-8-14-27/h5-10,13-16,26,29-32H,11-12,17-25,37-38H2,1-4H3,(H,39,46)(H,40,45)(H,41,47)/t29-,30-,31-,32-/m1/s1. The molecule has 2 aromatic rings. The zero-order valence-electron chi connectivity index (χ0n) is 30.3. The Morgan fingerprint density at radius 1 is 0.745 bits per heavy atom. The van der Waals surface area contributed by atoms with Gasteiger partial charge in [-0.05, 0) is 55.7 Å². The Balaban J connectivity index is 1.76. The number of nitrogens with one attached hydrogen (secondary N) is 3. The summed E-state index contributed by atoms with van der Waals surface area (Å²) >= 11 is 0. The average Bonchev–Trinajstić information content (AvgIpc) is 3.10. The van der Waals surface area contributed by atoms with E-state index in [9.17, 15) is 27.6 Å². The van der Waals surface area contributed by atoms with Gasteiger partial charge in [0.1, 0.15) is 18.1 Å². The van der Waals surface area contributed by atoms with Crippen molar-refractivity contribution in [3.63, 3.8) is 0 Å². The van der Waals surface area contributed by atoms with Crippen molar-refractivity contribution < 1.29 is 27.6 Å². The minimum Gasteiger partial charge on any atom is -0.343 e. The Morgan fingerprint density at radius 3 is 1.78 bits per heavy atom. The predicted molar refractivity (Wildman–Crippen MR) is 197 cm³/mol. The van der Waals surface area contributed by atoms with Crippen LogP contribution in [0.25, 0.3) is 0 Å². The fourth-order valence-corrected chi connectivity index (χ4v) is 6.97. The summed E-state index contributed by atoms with van der Waals surface area (Å²) in [5, 5.41) is 8.55. The molecule has 0 spiro atoms. The molecule has 7 N–H and O–H groups in total. The molecule has 0 radical (unpaired) electrons. The van der Waals surface area contributed by atoms with Crippen LogP contribution in [0.5, 0.6) is 0 Å². The minimum absolute atomic E-state index is 0.000578. The van der Waals surface area contributed by atoms with Crippen molar-refractivity contribution in [3.8, 4) is 0 Å². The van der Waals surface area contributed by atoms with E-state index >= 15 is 0 Å². The summed E-state index contributed by atoms with van der Waals surface area (Å²) in [6.07, 6.45) is 2.28. The molecule has 15 heteroatoms. The van der Waals surface area contributed by atoms with Crippen LogP contribution in [0.15, 0.2) is 60.7 Å². The summed E-state index contributed by atoms with van der Waals surface area (Å²) in [7, 11) is -0.704. The van der Waals surface area contributed by atoms with E-state index in [2.05, 4.69) is 16.0 Å². The lowest BCUT2D eigenvalue weighted by Crippen LogP contribution is -2.60. The molecule has 2 aromatic carbocycles. The van der Waals surface area contributed by atoms with E-state index in [4.69, 9.17) is 11.5 Å². The van der Waals surface area contributed by atoms with Crippen LogP contribution in [0.2, 0.25) is 0 Å². The Labute approximate surface area is 302 Å². The van der Waals surface area contributed by atoms with Crippen LogP contribution >= 0.6 is 0 Å². The van der Waals surface area contributed by atoms with E-state index in [0.29, 0.717) is 25.8 Å². The molecule has 3 rings (SSSR count). The van der Waals surface area contributed by atoms with Crippen molar-refractivity contribution in [2.24, 2.45) is 17.4 Å². The molecule has 0 aromatic heterocycles. The monoisotopic (exact) mass is 728 g/mol. The maximum absolute atomic E-state index is 13.9. The number of hydrogen-bond acceptors (Lipinski definition) is 8. The third-order valence-corrected chi connectivity index (χ3v) is 10.7. The zero-order chi connectivity index (χ0) is 37.6. The smallest absolute Gasteiger partial charge is 0.281 e. The summed E-state index contributed by atoms with van der Waals surface area (Å²) in [4.78, 5) is 56.4. The number of piperazine rings is 1. The van der Waals surface area contributed by atoms with Gasteiger partial charge in [0.2, 0.25) is 23.6 Å². The Bertz CT molecular complexity index is 1520. The third-order valence-electron chi connectivity index (χ3n) is 8.79. The molecule has 14 nitrogen and oxygen atoms in total. The molecule has 1 aliphatic heterocycles. The lowest BCUT2D eigenvalue weighted by atomic mass is 9.99. The highest BCUT2D eigenvalue weighted by molar-refractivity contribution is 7.86. The zero-order valence-corrected chi connectivity index (χ0v) is 31.1. The van der Waals surface area contributed by atoms with Crippen LogP contribution in [0.4, 0.5) is 0 Å². The molecule has 51 heavy (non-hydrogen) atoms. The van der Waals surface area contributed by atoms with Crippen LogP contribution in [-0.2, 0) is 42.2 Å². The third kappa shape index (κ3) is 13.0. The van der Waals surface area contributed by atoms with E-state index in [1.54, 1.807) is 4.90 Å². The highest BCUT2D eigenvalue weighted by Gasteiger charge is 2.35. The molecule has 1 fully saturated rings. The average molecular weight is 729 g/mol. The second kappa shape index (κ2) is 20.2. The maximum atomic E-state index is 13.9. The first-order valence-electron chi connectivity index (χ1n) is 17.6. The van der Waals surface area contributed by atoms with Crippen LogP contribution in [-0.4, -0.2) is 117 Å². The van der Waals surface area contributed by atoms with Crippen molar-refractivity contribution in [1.29, 1.82) is 0 Å². The van der Waals surface area contributed by atoms with Crippen molar-refractivity contribution >= 4 is 33.8 Å². The quantitative estimate of drug-likeness (QED) is 0.128. The van der Waals surface area contributed by atoms with Crippen molar-refractivity contribution in [2.45, 2.75) is 76.5 Å². The van der Waals surface area contributed by atoms with E-state index < -0.39 is 52.1 Å². The van der Waals surface area contributed by atoms with Crippen LogP contribution < -0.4 is 27.4 Å². The van der Waals surface area contributed by atoms with Crippen LogP contribution in [0.3, 0.4) is 0 Å². The number of benzene rings is 2. The van der Waals surface area contributed by atoms with Gasteiger partial charge in [-0.2, -0.15) is 17.0 Å². The summed E-state index contributed by atoms with van der Waals surface area (Å²) < 4.78 is 27.7. The number of hydrogen-bond donors (Lipinski definition) is 5. The van der Waals surface area contributed by atoms with Gasteiger partial charge in [0.15, 0.2) is 0 Å². The molecular formula is C36H56N8O6S. The first kappa shape index (κ1) is 41.5. The van der Waals surface area contributed by atoms with Gasteiger partial charge in [0.05, 0.1) is 6.04 Å². The van der Waals surface area contributed by atoms with Gasteiger partial charge in [-0.3, -0.25) is 19.2 Å². The van der Waals surface area contributed by atoms with Gasteiger partial charge < -0.3 is 32.3 Å². The summed E-state index contributed by atoms with van der Waals surface area (Å²) in [6, 6.07) is 14.7. The topological polar surface area (TPSA) is 200 Å². The number of nitrogens with zero attached hydrogens (tertiary/aromatic N) is 3. The van der Waals surface area contributed by atoms with Gasteiger partial charge in [-0.1, -0.05) is 74.5 Å². The molecule has 0 aliphatic carbocycles. The fourth-order valence-electron chi connectivity index (χ4n) is 5.89. The van der Waals surface area contributed by atoms with Crippen molar-refractivity contribution in [2.75, 3.05) is 46.8 Å². The Hall–Kier alpha value is -3.89. The Kier molecular flexibility index (Phi) is 16.5. The first-order chi connectivity index (χ1) is 24.2. The van der Waals surface area contributed by atoms with Crippen LogP contribution in [0, 0.1) is 5.92 Å². The van der Waals surface area contributed by atoms with Crippen molar-refractivity contribution in [1.82, 2.24) is 29.5 Å². The van der Waals surface area contributed by atoms with Crippen LogP contribution in [0.1, 0.15) is 50.7 Å². The normalized spacial score (nSPS) is 16.3. The lowest BCUT2D eigenvalue weighted by molar-refractivity contribution is -0.139. The van der Waals surface area contributed by atoms with Gasteiger partial charge in [-0.15, -0.1) is 0 Å². The van der Waals surface area contributed by atoms with Gasteiger partial charge in [0, 0.05) is 46.7 Å². The van der Waals surface area contributed by atoms with Gasteiger partial charge in [0.25, 0.3) is 10.2 Å². The number of nitrogens with two attached hydrogens (primary N) is 2. The first-order valence-corrected chi connectivity index (χ1v) is 19.0. The summed E-state index contributed by atoms with van der Waals surface area (Å²) in [5.41, 5.74) is 13.7. The summed E-state index contributed by atoms with van der Waals surface area (Å²) in [6.45, 7) is 4.87. The van der Waals surface area contributed by atoms with E-state index in [-0.39, 0.29) is 57.3 Å². The molecule has 0 saturated carbocycles. The molecule has 0 unspecified atom stereocenters. The number of rotatable bonds is 19. The van der Waals surface area contributed by atoms with E-state index in [1.165, 1.54) is 18.4 Å². The SMILES string of the molecule is CC(C)C[C@@H](NC(=O)[C@@H](Cc1ccccc1)NC(=O)[C@H](N)Cc1ccccc1)C(=O)N[C@H](CCCCN)C(=O)N1CCN(S(=O)(=O)N(C)C)CC1. The molecule has 1 saturated heterocycles. The Morgan fingerprint density at radius 2 is 1.25 bits per heavy atom. The lowest BCUT2D eigenvalue weighted by Gasteiger charge is -2.37. The highest BCUT2D eigenvalue weighted by Crippen LogP contribution is 2.14. The molecule has 1 heterocycles. The largest absolute Gasteiger partial charge is 0.343 e. The minimum atomic E-state index is -3.62. The molecule has 0 bridgehead atoms. The summed E-state index contributed by atoms with van der Waals surface area (Å²) in [5.74, 6) is -1.89. The second-order valence-electron chi connectivity index (χ2n) is 13.6. The van der Waals surface area contributed by atoms with Crippen molar-refractivity contribution in [3.05, 3.63) is 71.8 Å². The second-order valence-corrected chi connectivity index (χ2v) is 15.7. The fraction of sp³-hybridized carbons (Fsp3) is 0.556. The molecule has 1 aliphatic rings. The predicted octanol–water partition coefficient (Wildman–Crippen LogP) is 0.379. The van der Waals surface area contributed by atoms with Gasteiger partial charge >= 0.3 is 0 Å². The maximum Gasteiger partial charge on any atom is 0.281 e.